The van der Waals surface area contributed by atoms with E-state index in [4.69, 9.17) is 5.11 Å². The Balaban J connectivity index is 2.50. The van der Waals surface area contributed by atoms with Gasteiger partial charge in [0.25, 0.3) is 0 Å². The highest BCUT2D eigenvalue weighted by Gasteiger charge is 2.31. The van der Waals surface area contributed by atoms with Gasteiger partial charge in [-0.3, -0.25) is 4.90 Å². The van der Waals surface area contributed by atoms with E-state index in [1.165, 1.54) is 38.8 Å². The molecule has 0 spiro atoms. The maximum absolute atomic E-state index is 8.99. The van der Waals surface area contributed by atoms with Gasteiger partial charge in [0.1, 0.15) is 0 Å². The van der Waals surface area contributed by atoms with Crippen molar-refractivity contribution in [2.24, 2.45) is 5.41 Å². The molecule has 1 aliphatic heterocycles. The van der Waals surface area contributed by atoms with Gasteiger partial charge in [0.2, 0.25) is 0 Å². The maximum Gasteiger partial charge on any atom is 0.0431 e. The molecule has 0 saturated carbocycles. The second-order valence-corrected chi connectivity index (χ2v) is 6.22. The lowest BCUT2D eigenvalue weighted by molar-refractivity contribution is 0.131. The first kappa shape index (κ1) is 15.9. The van der Waals surface area contributed by atoms with Gasteiger partial charge in [-0.1, -0.05) is 20.3 Å². The number of aliphatic hydroxyl groups is 1. The predicted octanol–water partition coefficient (Wildman–Crippen LogP) is 2.25. The molecule has 0 aromatic carbocycles. The number of rotatable bonds is 9. The average Bonchev–Trinajstić information content (AvgIpc) is 2.74. The molecule has 2 atom stereocenters. The number of nitrogens with one attached hydrogen (secondary N) is 1. The van der Waals surface area contributed by atoms with Crippen molar-refractivity contribution in [2.45, 2.75) is 58.4 Å². The molecule has 1 aliphatic rings. The number of nitrogens with zero attached hydrogens (tertiary/aromatic N) is 1. The highest BCUT2D eigenvalue weighted by atomic mass is 16.2. The summed E-state index contributed by atoms with van der Waals surface area (Å²) in [7, 11) is 2.06. The third-order valence-corrected chi connectivity index (χ3v) is 4.24. The van der Waals surface area contributed by atoms with Crippen molar-refractivity contribution >= 4 is 0 Å². The van der Waals surface area contributed by atoms with E-state index in [9.17, 15) is 0 Å². The smallest absolute Gasteiger partial charge is 0.0431 e. The first-order valence-electron chi connectivity index (χ1n) is 7.64. The highest BCUT2D eigenvalue weighted by molar-refractivity contribution is 4.86. The molecule has 0 aromatic rings. The van der Waals surface area contributed by atoms with Crippen molar-refractivity contribution in [1.82, 2.24) is 10.2 Å². The van der Waals surface area contributed by atoms with E-state index in [1.54, 1.807) is 0 Å². The number of hydrogen-bond donors (Lipinski definition) is 2. The van der Waals surface area contributed by atoms with Gasteiger partial charge in [0.15, 0.2) is 0 Å². The Morgan fingerprint density at radius 1 is 1.44 bits per heavy atom. The topological polar surface area (TPSA) is 35.5 Å². The van der Waals surface area contributed by atoms with Gasteiger partial charge in [0.05, 0.1) is 0 Å². The fourth-order valence-electron chi connectivity index (χ4n) is 3.50. The molecule has 18 heavy (non-hydrogen) atoms. The number of hydrogen-bond acceptors (Lipinski definition) is 3. The Hall–Kier alpha value is -0.120. The SMILES string of the molecule is CCCC(C)(CNC)CN1CCCC1CCCO. The molecular formula is C15H32N2O. The molecule has 2 N–H and O–H groups in total. The van der Waals surface area contributed by atoms with Crippen LogP contribution in [0.3, 0.4) is 0 Å². The van der Waals surface area contributed by atoms with Crippen LogP contribution in [-0.2, 0) is 0 Å². The monoisotopic (exact) mass is 256 g/mol. The molecule has 1 fully saturated rings. The summed E-state index contributed by atoms with van der Waals surface area (Å²) in [6.07, 6.45) is 7.32. The van der Waals surface area contributed by atoms with Crippen molar-refractivity contribution < 1.29 is 5.11 Å². The molecule has 1 rings (SSSR count). The number of likely N-dealkylation sites (tertiary alicyclic amines) is 1. The minimum Gasteiger partial charge on any atom is -0.396 e. The second-order valence-electron chi connectivity index (χ2n) is 6.22. The minimum atomic E-state index is 0.340. The van der Waals surface area contributed by atoms with E-state index in [0.717, 1.165) is 19.4 Å². The predicted molar refractivity (Wildman–Crippen MR) is 77.9 cm³/mol. The largest absolute Gasteiger partial charge is 0.396 e. The summed E-state index contributed by atoms with van der Waals surface area (Å²) in [5.74, 6) is 0. The van der Waals surface area contributed by atoms with Crippen LogP contribution in [-0.4, -0.2) is 49.3 Å². The fourth-order valence-corrected chi connectivity index (χ4v) is 3.50. The van der Waals surface area contributed by atoms with Gasteiger partial charge in [-0.05, 0) is 51.1 Å². The zero-order valence-electron chi connectivity index (χ0n) is 12.5. The fraction of sp³-hybridized carbons (Fsp3) is 1.00. The Morgan fingerprint density at radius 3 is 2.83 bits per heavy atom. The first-order valence-corrected chi connectivity index (χ1v) is 7.64. The van der Waals surface area contributed by atoms with Crippen LogP contribution in [0.2, 0.25) is 0 Å². The van der Waals surface area contributed by atoms with E-state index in [-0.39, 0.29) is 0 Å². The highest BCUT2D eigenvalue weighted by Crippen LogP contribution is 2.29. The van der Waals surface area contributed by atoms with Gasteiger partial charge in [0, 0.05) is 25.7 Å². The summed E-state index contributed by atoms with van der Waals surface area (Å²) in [4.78, 5) is 2.67. The van der Waals surface area contributed by atoms with E-state index in [2.05, 4.69) is 31.1 Å². The van der Waals surface area contributed by atoms with Crippen LogP contribution >= 0.6 is 0 Å². The second kappa shape index (κ2) is 8.13. The van der Waals surface area contributed by atoms with Crippen molar-refractivity contribution in [3.63, 3.8) is 0 Å². The zero-order chi connectivity index (χ0) is 13.4. The molecule has 0 bridgehead atoms. The average molecular weight is 256 g/mol. The van der Waals surface area contributed by atoms with Crippen LogP contribution in [0.5, 0.6) is 0 Å². The molecule has 0 amide bonds. The van der Waals surface area contributed by atoms with Gasteiger partial charge in [-0.2, -0.15) is 0 Å². The van der Waals surface area contributed by atoms with Crippen molar-refractivity contribution in [2.75, 3.05) is 33.3 Å². The van der Waals surface area contributed by atoms with Crippen LogP contribution in [0.15, 0.2) is 0 Å². The maximum atomic E-state index is 8.99. The van der Waals surface area contributed by atoms with Crippen LogP contribution in [0.25, 0.3) is 0 Å². The van der Waals surface area contributed by atoms with Crippen molar-refractivity contribution in [1.29, 1.82) is 0 Å². The van der Waals surface area contributed by atoms with Gasteiger partial charge in [-0.15, -0.1) is 0 Å². The lowest BCUT2D eigenvalue weighted by Gasteiger charge is -2.36. The summed E-state index contributed by atoms with van der Waals surface area (Å²) >= 11 is 0. The quantitative estimate of drug-likeness (QED) is 0.664. The zero-order valence-corrected chi connectivity index (χ0v) is 12.5. The van der Waals surface area contributed by atoms with Crippen LogP contribution in [0.4, 0.5) is 0 Å². The molecule has 1 saturated heterocycles. The Bertz CT molecular complexity index is 215. The Labute approximate surface area is 113 Å². The Morgan fingerprint density at radius 2 is 2.22 bits per heavy atom. The molecule has 1 heterocycles. The third kappa shape index (κ3) is 4.87. The van der Waals surface area contributed by atoms with E-state index in [1.807, 2.05) is 0 Å². The molecular weight excluding hydrogens is 224 g/mol. The number of aliphatic hydroxyl groups excluding tert-OH is 1. The van der Waals surface area contributed by atoms with Crippen molar-refractivity contribution in [3.05, 3.63) is 0 Å². The van der Waals surface area contributed by atoms with Crippen LogP contribution < -0.4 is 5.32 Å². The van der Waals surface area contributed by atoms with Crippen molar-refractivity contribution in [3.8, 4) is 0 Å². The molecule has 0 aromatic heterocycles. The summed E-state index contributed by atoms with van der Waals surface area (Å²) in [5.41, 5.74) is 0.394. The van der Waals surface area contributed by atoms with E-state index < -0.39 is 0 Å². The van der Waals surface area contributed by atoms with E-state index >= 15 is 0 Å². The van der Waals surface area contributed by atoms with E-state index in [0.29, 0.717) is 18.1 Å². The minimum absolute atomic E-state index is 0.340. The van der Waals surface area contributed by atoms with Gasteiger partial charge < -0.3 is 10.4 Å². The van der Waals surface area contributed by atoms with Crippen LogP contribution in [0, 0.1) is 5.41 Å². The summed E-state index contributed by atoms with van der Waals surface area (Å²) in [6, 6.07) is 0.713. The van der Waals surface area contributed by atoms with Gasteiger partial charge >= 0.3 is 0 Å². The molecule has 0 radical (unpaired) electrons. The molecule has 108 valence electrons. The molecule has 2 unspecified atom stereocenters. The normalized spacial score (nSPS) is 24.3. The molecule has 3 nitrogen and oxygen atoms in total. The summed E-state index contributed by atoms with van der Waals surface area (Å²) in [6.45, 7) is 8.59. The lowest BCUT2D eigenvalue weighted by Crippen LogP contribution is -2.43. The lowest BCUT2D eigenvalue weighted by atomic mass is 9.84. The Kier molecular flexibility index (Phi) is 7.20. The summed E-state index contributed by atoms with van der Waals surface area (Å²) in [5, 5.41) is 12.3. The molecule has 0 aliphatic carbocycles. The molecule has 3 heteroatoms. The standard InChI is InChI=1S/C15H32N2O/c1-4-9-15(2,12-16-3)13-17-10-5-7-14(17)8-6-11-18/h14,16,18H,4-13H2,1-3H3. The summed E-state index contributed by atoms with van der Waals surface area (Å²) < 4.78 is 0. The third-order valence-electron chi connectivity index (χ3n) is 4.24. The first-order chi connectivity index (χ1) is 8.65. The van der Waals surface area contributed by atoms with Gasteiger partial charge in [-0.25, -0.2) is 0 Å². The van der Waals surface area contributed by atoms with Crippen LogP contribution in [0.1, 0.15) is 52.4 Å².